The normalized spacial score (nSPS) is 11.5. The molecule has 0 atom stereocenters. The first-order chi connectivity index (χ1) is 9.32. The van der Waals surface area contributed by atoms with E-state index < -0.39 is 11.7 Å². The lowest BCUT2D eigenvalue weighted by atomic mass is 10.0. The number of hydrogen-bond acceptors (Lipinski definition) is 1. The van der Waals surface area contributed by atoms with Crippen molar-refractivity contribution in [1.29, 1.82) is 0 Å². The third-order valence-corrected chi connectivity index (χ3v) is 3.30. The number of rotatable bonds is 2. The lowest BCUT2D eigenvalue weighted by Gasteiger charge is -2.14. The number of hydrogen-bond donors (Lipinski definition) is 0. The summed E-state index contributed by atoms with van der Waals surface area (Å²) in [6.07, 6.45) is -4.43. The van der Waals surface area contributed by atoms with Crippen LogP contribution < -0.4 is 4.74 Å². The highest BCUT2D eigenvalue weighted by atomic mass is 35.5. The molecule has 0 heterocycles. The van der Waals surface area contributed by atoms with Crippen molar-refractivity contribution >= 4 is 23.2 Å². The minimum absolute atomic E-state index is 0.259. The van der Waals surface area contributed by atoms with E-state index in [0.717, 1.165) is 12.1 Å². The molecule has 0 bridgehead atoms. The lowest BCUT2D eigenvalue weighted by molar-refractivity contribution is -0.137. The van der Waals surface area contributed by atoms with Gasteiger partial charge in [-0.15, -0.1) is 0 Å². The zero-order valence-corrected chi connectivity index (χ0v) is 11.8. The van der Waals surface area contributed by atoms with Gasteiger partial charge in [-0.05, 0) is 30.3 Å². The van der Waals surface area contributed by atoms with Crippen LogP contribution in [0.5, 0.6) is 5.75 Å². The first-order valence-electron chi connectivity index (χ1n) is 5.53. The molecule has 0 fully saturated rings. The third kappa shape index (κ3) is 3.02. The largest absolute Gasteiger partial charge is 0.496 e. The van der Waals surface area contributed by atoms with Gasteiger partial charge in [0, 0.05) is 16.1 Å². The van der Waals surface area contributed by atoms with E-state index in [1.807, 2.05) is 0 Å². The van der Waals surface area contributed by atoms with Crippen LogP contribution in [0.1, 0.15) is 5.56 Å². The maximum Gasteiger partial charge on any atom is 0.416 e. The Morgan fingerprint density at radius 2 is 1.65 bits per heavy atom. The number of benzene rings is 2. The van der Waals surface area contributed by atoms with Crippen molar-refractivity contribution in [2.45, 2.75) is 6.18 Å². The maximum absolute atomic E-state index is 12.8. The van der Waals surface area contributed by atoms with Crippen LogP contribution in [0.25, 0.3) is 11.1 Å². The summed E-state index contributed by atoms with van der Waals surface area (Å²) < 4.78 is 43.5. The Morgan fingerprint density at radius 1 is 0.950 bits per heavy atom. The molecule has 0 aromatic heterocycles. The van der Waals surface area contributed by atoms with Gasteiger partial charge in [0.25, 0.3) is 0 Å². The average Bonchev–Trinajstić information content (AvgIpc) is 2.37. The first kappa shape index (κ1) is 15.0. The molecule has 0 aliphatic rings. The van der Waals surface area contributed by atoms with Gasteiger partial charge < -0.3 is 4.74 Å². The van der Waals surface area contributed by atoms with Gasteiger partial charge in [-0.1, -0.05) is 29.3 Å². The Kier molecular flexibility index (Phi) is 4.16. The van der Waals surface area contributed by atoms with E-state index in [1.54, 1.807) is 12.1 Å². The monoisotopic (exact) mass is 320 g/mol. The molecule has 0 amide bonds. The molecule has 0 aliphatic carbocycles. The minimum Gasteiger partial charge on any atom is -0.496 e. The summed E-state index contributed by atoms with van der Waals surface area (Å²) in [6, 6.07) is 7.83. The summed E-state index contributed by atoms with van der Waals surface area (Å²) in [5.41, 5.74) is -0.0673. The van der Waals surface area contributed by atoms with Gasteiger partial charge in [0.1, 0.15) is 5.75 Å². The zero-order chi connectivity index (χ0) is 14.9. The Balaban J connectivity index is 2.64. The van der Waals surface area contributed by atoms with Crippen LogP contribution in [-0.4, -0.2) is 7.11 Å². The van der Waals surface area contributed by atoms with Gasteiger partial charge in [0.05, 0.1) is 17.7 Å². The predicted octanol–water partition coefficient (Wildman–Crippen LogP) is 5.69. The molecule has 0 aliphatic heterocycles. The molecule has 6 heteroatoms. The van der Waals surface area contributed by atoms with Gasteiger partial charge in [-0.3, -0.25) is 0 Å². The summed E-state index contributed by atoms with van der Waals surface area (Å²) >= 11 is 11.8. The molecule has 0 N–H and O–H groups in total. The van der Waals surface area contributed by atoms with Crippen molar-refractivity contribution in [1.82, 2.24) is 0 Å². The number of alkyl halides is 3. The summed E-state index contributed by atoms with van der Waals surface area (Å²) in [6.45, 7) is 0. The number of halogens is 5. The van der Waals surface area contributed by atoms with Crippen LogP contribution in [0.15, 0.2) is 36.4 Å². The third-order valence-electron chi connectivity index (χ3n) is 2.75. The fourth-order valence-electron chi connectivity index (χ4n) is 1.80. The van der Waals surface area contributed by atoms with Crippen molar-refractivity contribution in [3.05, 3.63) is 52.0 Å². The summed E-state index contributed by atoms with van der Waals surface area (Å²) in [4.78, 5) is 0. The average molecular weight is 321 g/mol. The van der Waals surface area contributed by atoms with Crippen molar-refractivity contribution in [3.63, 3.8) is 0 Å². The van der Waals surface area contributed by atoms with E-state index in [1.165, 1.54) is 19.2 Å². The molecule has 0 radical (unpaired) electrons. The van der Waals surface area contributed by atoms with Crippen LogP contribution in [0, 0.1) is 0 Å². The van der Waals surface area contributed by atoms with Gasteiger partial charge in [0.15, 0.2) is 0 Å². The van der Waals surface area contributed by atoms with Crippen molar-refractivity contribution in [2.24, 2.45) is 0 Å². The predicted molar refractivity (Wildman–Crippen MR) is 73.5 cm³/mol. The molecular weight excluding hydrogens is 312 g/mol. The maximum atomic E-state index is 12.8. The van der Waals surface area contributed by atoms with E-state index in [-0.39, 0.29) is 10.6 Å². The molecule has 2 aromatic carbocycles. The number of ether oxygens (including phenoxy) is 1. The summed E-state index contributed by atoms with van der Waals surface area (Å²) in [5, 5.41) is 0.666. The van der Waals surface area contributed by atoms with Gasteiger partial charge in [-0.25, -0.2) is 0 Å². The Labute approximate surface area is 123 Å². The topological polar surface area (TPSA) is 9.23 Å². The second kappa shape index (κ2) is 5.54. The zero-order valence-electron chi connectivity index (χ0n) is 10.3. The van der Waals surface area contributed by atoms with Crippen LogP contribution >= 0.6 is 23.2 Å². The Hall–Kier alpha value is -1.39. The number of methoxy groups -OCH3 is 1. The van der Waals surface area contributed by atoms with Crippen LogP contribution in [0.2, 0.25) is 10.0 Å². The molecule has 2 rings (SSSR count). The molecule has 0 spiro atoms. The van der Waals surface area contributed by atoms with Gasteiger partial charge in [0.2, 0.25) is 0 Å². The smallest absolute Gasteiger partial charge is 0.416 e. The van der Waals surface area contributed by atoms with E-state index in [0.29, 0.717) is 16.3 Å². The molecule has 0 saturated carbocycles. The minimum atomic E-state index is -4.43. The molecule has 20 heavy (non-hydrogen) atoms. The van der Waals surface area contributed by atoms with Crippen molar-refractivity contribution in [3.8, 4) is 16.9 Å². The highest BCUT2D eigenvalue weighted by molar-refractivity contribution is 6.36. The second-order valence-electron chi connectivity index (χ2n) is 4.04. The SMILES string of the molecule is COc1ccc(C(F)(F)F)cc1-c1ccc(Cl)cc1Cl. The molecule has 1 nitrogen and oxygen atoms in total. The molecule has 106 valence electrons. The van der Waals surface area contributed by atoms with E-state index in [4.69, 9.17) is 27.9 Å². The van der Waals surface area contributed by atoms with E-state index in [2.05, 4.69) is 0 Å². The highest BCUT2D eigenvalue weighted by Crippen LogP contribution is 2.40. The van der Waals surface area contributed by atoms with Crippen LogP contribution in [0.4, 0.5) is 13.2 Å². The van der Waals surface area contributed by atoms with E-state index in [9.17, 15) is 13.2 Å². The van der Waals surface area contributed by atoms with Crippen molar-refractivity contribution in [2.75, 3.05) is 7.11 Å². The standard InChI is InChI=1S/C14H9Cl2F3O/c1-20-13-5-2-8(14(17,18)19)6-11(13)10-4-3-9(15)7-12(10)16/h2-7H,1H3. The van der Waals surface area contributed by atoms with Crippen LogP contribution in [-0.2, 0) is 6.18 Å². The highest BCUT2D eigenvalue weighted by Gasteiger charge is 2.31. The quantitative estimate of drug-likeness (QED) is 0.690. The second-order valence-corrected chi connectivity index (χ2v) is 4.88. The van der Waals surface area contributed by atoms with Gasteiger partial charge >= 0.3 is 6.18 Å². The lowest BCUT2D eigenvalue weighted by Crippen LogP contribution is -2.05. The Morgan fingerprint density at radius 3 is 2.20 bits per heavy atom. The molecule has 2 aromatic rings. The first-order valence-corrected chi connectivity index (χ1v) is 6.29. The van der Waals surface area contributed by atoms with E-state index >= 15 is 0 Å². The molecule has 0 saturated heterocycles. The fraction of sp³-hybridized carbons (Fsp3) is 0.143. The van der Waals surface area contributed by atoms with Gasteiger partial charge in [-0.2, -0.15) is 13.2 Å². The molecular formula is C14H9Cl2F3O. The summed E-state index contributed by atoms with van der Waals surface area (Å²) in [5.74, 6) is 0.308. The van der Waals surface area contributed by atoms with Crippen LogP contribution in [0.3, 0.4) is 0 Å². The Bertz CT molecular complexity index is 639. The molecule has 0 unspecified atom stereocenters. The fourth-order valence-corrected chi connectivity index (χ4v) is 2.31. The van der Waals surface area contributed by atoms with Crippen molar-refractivity contribution < 1.29 is 17.9 Å². The summed E-state index contributed by atoms with van der Waals surface area (Å²) in [7, 11) is 1.38.